The van der Waals surface area contributed by atoms with E-state index in [4.69, 9.17) is 12.2 Å². The summed E-state index contributed by atoms with van der Waals surface area (Å²) in [5.41, 5.74) is 4.54. The molecule has 4 rings (SSSR count). The summed E-state index contributed by atoms with van der Waals surface area (Å²) in [6, 6.07) is 16.3. The largest absolute Gasteiger partial charge is 0.349 e. The summed E-state index contributed by atoms with van der Waals surface area (Å²) < 4.78 is 0. The molecular formula is C26H28N4O2S2. The van der Waals surface area contributed by atoms with E-state index < -0.39 is 0 Å². The molecule has 34 heavy (non-hydrogen) atoms. The Kier molecular flexibility index (Phi) is 7.70. The molecule has 176 valence electrons. The number of nitrogens with one attached hydrogen (secondary N) is 2. The summed E-state index contributed by atoms with van der Waals surface area (Å²) in [6.07, 6.45) is 2.75. The van der Waals surface area contributed by atoms with Crippen molar-refractivity contribution >= 4 is 46.2 Å². The van der Waals surface area contributed by atoms with Gasteiger partial charge in [-0.05, 0) is 48.7 Å². The van der Waals surface area contributed by atoms with Gasteiger partial charge in [0, 0.05) is 42.6 Å². The van der Waals surface area contributed by atoms with E-state index >= 15 is 0 Å². The van der Waals surface area contributed by atoms with Crippen molar-refractivity contribution in [2.24, 2.45) is 0 Å². The van der Waals surface area contributed by atoms with Crippen LogP contribution in [0, 0.1) is 0 Å². The molecule has 0 bridgehead atoms. The van der Waals surface area contributed by atoms with Crippen LogP contribution >= 0.6 is 23.6 Å². The monoisotopic (exact) mass is 492 g/mol. The second-order valence-corrected chi connectivity index (χ2v) is 9.65. The zero-order valence-electron chi connectivity index (χ0n) is 19.3. The number of thiocarbonyl (C=S) groups is 1. The lowest BCUT2D eigenvalue weighted by Gasteiger charge is -2.32. The van der Waals surface area contributed by atoms with Crippen LogP contribution in [0.4, 0.5) is 5.69 Å². The molecule has 0 aliphatic carbocycles. The molecule has 1 saturated heterocycles. The Bertz CT molecular complexity index is 1180. The number of aromatic nitrogens is 1. The van der Waals surface area contributed by atoms with Crippen LogP contribution in [0.3, 0.4) is 0 Å². The van der Waals surface area contributed by atoms with E-state index in [0.29, 0.717) is 10.8 Å². The summed E-state index contributed by atoms with van der Waals surface area (Å²) in [6.45, 7) is 5.11. The van der Waals surface area contributed by atoms with Crippen LogP contribution in [0.15, 0.2) is 53.9 Å². The normalized spacial score (nSPS) is 14.0. The van der Waals surface area contributed by atoms with Gasteiger partial charge in [-0.2, -0.15) is 0 Å². The summed E-state index contributed by atoms with van der Waals surface area (Å²) in [4.78, 5) is 30.9. The van der Waals surface area contributed by atoms with Crippen molar-refractivity contribution in [1.82, 2.24) is 15.2 Å². The lowest BCUT2D eigenvalue weighted by Crippen LogP contribution is -2.45. The number of benzene rings is 2. The first-order valence-corrected chi connectivity index (χ1v) is 12.7. The Morgan fingerprint density at radius 2 is 1.82 bits per heavy atom. The maximum Gasteiger partial charge on any atom is 0.275 e. The minimum atomic E-state index is -0.204. The van der Waals surface area contributed by atoms with Crippen molar-refractivity contribution in [1.29, 1.82) is 0 Å². The maximum absolute atomic E-state index is 13.0. The van der Waals surface area contributed by atoms with Gasteiger partial charge in [0.05, 0.1) is 5.01 Å². The number of hydrogen-bond donors (Lipinski definition) is 2. The van der Waals surface area contributed by atoms with Gasteiger partial charge in [0.2, 0.25) is 5.91 Å². The highest BCUT2D eigenvalue weighted by Crippen LogP contribution is 2.32. The fraction of sp³-hybridized carbons (Fsp3) is 0.308. The van der Waals surface area contributed by atoms with E-state index in [9.17, 15) is 9.59 Å². The molecule has 0 saturated carbocycles. The third-order valence-electron chi connectivity index (χ3n) is 6.02. The van der Waals surface area contributed by atoms with Crippen LogP contribution in [0.5, 0.6) is 0 Å². The molecule has 1 aliphatic heterocycles. The lowest BCUT2D eigenvalue weighted by atomic mass is 9.98. The van der Waals surface area contributed by atoms with Crippen molar-refractivity contribution in [3.8, 4) is 11.1 Å². The molecule has 2 amide bonds. The second-order valence-electron chi connectivity index (χ2n) is 8.37. The third-order valence-corrected chi connectivity index (χ3v) is 7.38. The number of amides is 2. The summed E-state index contributed by atoms with van der Waals surface area (Å²) in [5, 5.41) is 9.02. The summed E-state index contributed by atoms with van der Waals surface area (Å²) in [7, 11) is 0. The molecule has 2 heterocycles. The Morgan fingerprint density at radius 3 is 2.50 bits per heavy atom. The number of nitrogens with zero attached hydrogens (tertiary/aromatic N) is 2. The van der Waals surface area contributed by atoms with Crippen LogP contribution in [-0.2, 0) is 11.2 Å². The van der Waals surface area contributed by atoms with E-state index in [1.54, 1.807) is 0 Å². The van der Waals surface area contributed by atoms with E-state index in [1.807, 2.05) is 34.5 Å². The molecule has 2 N–H and O–H groups in total. The zero-order chi connectivity index (χ0) is 24.1. The minimum Gasteiger partial charge on any atom is -0.349 e. The molecule has 6 nitrogen and oxygen atoms in total. The quantitative estimate of drug-likeness (QED) is 0.478. The zero-order valence-corrected chi connectivity index (χ0v) is 21.0. The number of aryl methyl sites for hydroxylation is 1. The predicted molar refractivity (Wildman–Crippen MR) is 141 cm³/mol. The molecule has 0 unspecified atom stereocenters. The van der Waals surface area contributed by atoms with Gasteiger partial charge in [-0.1, -0.05) is 49.4 Å². The lowest BCUT2D eigenvalue weighted by molar-refractivity contribution is -0.117. The number of para-hydroxylation sites is 1. The van der Waals surface area contributed by atoms with Crippen LogP contribution in [0.2, 0.25) is 0 Å². The predicted octanol–water partition coefficient (Wildman–Crippen LogP) is 5.23. The van der Waals surface area contributed by atoms with E-state index in [1.165, 1.54) is 23.8 Å². The highest BCUT2D eigenvalue weighted by atomic mass is 32.1. The van der Waals surface area contributed by atoms with Crippen LogP contribution in [0.1, 0.15) is 53.7 Å². The smallest absolute Gasteiger partial charge is 0.275 e. The molecular weight excluding hydrogens is 464 g/mol. The first kappa shape index (κ1) is 24.0. The number of piperidine rings is 1. The number of carbonyl (C=O) groups excluding carboxylic acids is 2. The molecule has 8 heteroatoms. The van der Waals surface area contributed by atoms with Gasteiger partial charge in [-0.3, -0.25) is 9.59 Å². The van der Waals surface area contributed by atoms with Gasteiger partial charge in [0.1, 0.15) is 5.69 Å². The highest BCUT2D eigenvalue weighted by Gasteiger charge is 2.25. The SMILES string of the molecule is CCc1ccc(-c2ccccc2NC(=O)c2csc(C3CCN(C(=S)NC(C)=O)CC3)n2)cc1. The molecule has 0 radical (unpaired) electrons. The summed E-state index contributed by atoms with van der Waals surface area (Å²) >= 11 is 6.82. The topological polar surface area (TPSA) is 74.3 Å². The second kappa shape index (κ2) is 10.9. The fourth-order valence-electron chi connectivity index (χ4n) is 4.09. The number of hydrogen-bond acceptors (Lipinski definition) is 5. The average Bonchev–Trinajstić information content (AvgIpc) is 3.35. The van der Waals surface area contributed by atoms with E-state index in [0.717, 1.165) is 54.2 Å². The van der Waals surface area contributed by atoms with Crippen LogP contribution in [-0.4, -0.2) is 39.9 Å². The van der Waals surface area contributed by atoms with E-state index in [2.05, 4.69) is 46.8 Å². The Balaban J connectivity index is 1.41. The minimum absolute atomic E-state index is 0.151. The Hall–Kier alpha value is -3.10. The number of anilines is 1. The van der Waals surface area contributed by atoms with Crippen molar-refractivity contribution in [3.63, 3.8) is 0 Å². The first-order chi connectivity index (χ1) is 16.4. The molecule has 0 spiro atoms. The van der Waals surface area contributed by atoms with Crippen molar-refractivity contribution in [3.05, 3.63) is 70.2 Å². The Morgan fingerprint density at radius 1 is 1.12 bits per heavy atom. The highest BCUT2D eigenvalue weighted by molar-refractivity contribution is 7.80. The molecule has 1 aromatic heterocycles. The molecule has 1 aliphatic rings. The van der Waals surface area contributed by atoms with Crippen molar-refractivity contribution in [2.45, 2.75) is 39.0 Å². The summed E-state index contributed by atoms with van der Waals surface area (Å²) in [5.74, 6) is -0.0704. The number of rotatable bonds is 5. The van der Waals surface area contributed by atoms with Gasteiger partial charge in [0.25, 0.3) is 5.91 Å². The third kappa shape index (κ3) is 5.69. The standard InChI is InChI=1S/C26H28N4O2S2/c1-3-18-8-10-19(11-9-18)21-6-4-5-7-22(21)28-24(32)23-16-34-25(29-23)20-12-14-30(15-13-20)26(33)27-17(2)31/h4-11,16,20H,3,12-15H2,1-2H3,(H,28,32)(H,27,31,33). The van der Waals surface area contributed by atoms with E-state index in [-0.39, 0.29) is 17.7 Å². The number of carbonyl (C=O) groups is 2. The van der Waals surface area contributed by atoms with Gasteiger partial charge in [0.15, 0.2) is 5.11 Å². The molecule has 1 fully saturated rings. The van der Waals surface area contributed by atoms with Crippen molar-refractivity contribution in [2.75, 3.05) is 18.4 Å². The van der Waals surface area contributed by atoms with Gasteiger partial charge >= 0.3 is 0 Å². The van der Waals surface area contributed by atoms with Gasteiger partial charge in [-0.15, -0.1) is 11.3 Å². The average molecular weight is 493 g/mol. The first-order valence-electron chi connectivity index (χ1n) is 11.5. The number of thiazole rings is 1. The van der Waals surface area contributed by atoms with Gasteiger partial charge in [-0.25, -0.2) is 4.98 Å². The molecule has 3 aromatic rings. The van der Waals surface area contributed by atoms with Gasteiger partial charge < -0.3 is 15.5 Å². The fourth-order valence-corrected chi connectivity index (χ4v) is 5.39. The van der Waals surface area contributed by atoms with Crippen LogP contribution in [0.25, 0.3) is 11.1 Å². The van der Waals surface area contributed by atoms with Crippen molar-refractivity contribution < 1.29 is 9.59 Å². The molecule has 0 atom stereocenters. The Labute approximate surface area is 209 Å². The van der Waals surface area contributed by atoms with Crippen LogP contribution < -0.4 is 10.6 Å². The number of likely N-dealkylation sites (tertiary alicyclic amines) is 1. The maximum atomic E-state index is 13.0. The molecule has 2 aromatic carbocycles.